The van der Waals surface area contributed by atoms with E-state index in [-0.39, 0.29) is 18.4 Å². The van der Waals surface area contributed by atoms with Gasteiger partial charge in [-0.2, -0.15) is 0 Å². The van der Waals surface area contributed by atoms with Crippen molar-refractivity contribution in [2.45, 2.75) is 39.0 Å². The maximum Gasteiger partial charge on any atom is 0.261 e. The Bertz CT molecular complexity index is 445. The van der Waals surface area contributed by atoms with Crippen LogP contribution < -0.4 is 10.6 Å². The molecule has 2 N–H and O–H groups in total. The summed E-state index contributed by atoms with van der Waals surface area (Å²) in [5.74, 6) is -0.262. The first-order chi connectivity index (χ1) is 9.20. The lowest BCUT2D eigenvalue weighted by Gasteiger charge is -2.08. The number of hydrogen-bond acceptors (Lipinski definition) is 3. The molecule has 0 bridgehead atoms. The number of nitrogens with one attached hydrogen (secondary N) is 2. The van der Waals surface area contributed by atoms with E-state index in [0.717, 1.165) is 24.1 Å². The van der Waals surface area contributed by atoms with Gasteiger partial charge in [-0.05, 0) is 43.7 Å². The maximum absolute atomic E-state index is 12.0. The van der Waals surface area contributed by atoms with Crippen molar-refractivity contribution in [3.8, 4) is 0 Å². The third-order valence-electron chi connectivity index (χ3n) is 3.20. The molecule has 1 aliphatic rings. The monoisotopic (exact) mass is 280 g/mol. The van der Waals surface area contributed by atoms with Crippen LogP contribution in [0.1, 0.15) is 46.3 Å². The third-order valence-corrected chi connectivity index (χ3v) is 4.44. The van der Waals surface area contributed by atoms with Gasteiger partial charge in [0.2, 0.25) is 5.91 Å². The summed E-state index contributed by atoms with van der Waals surface area (Å²) in [5.41, 5.74) is 1.32. The van der Waals surface area contributed by atoms with Crippen LogP contribution in [0.3, 0.4) is 0 Å². The first kappa shape index (κ1) is 14.1. The molecule has 1 aromatic rings. The first-order valence-electron chi connectivity index (χ1n) is 6.87. The predicted octanol–water partition coefficient (Wildman–Crippen LogP) is 1.88. The van der Waals surface area contributed by atoms with Crippen LogP contribution in [0.5, 0.6) is 0 Å². The summed E-state index contributed by atoms with van der Waals surface area (Å²) in [4.78, 5) is 25.4. The molecule has 5 heteroatoms. The summed E-state index contributed by atoms with van der Waals surface area (Å²) < 4.78 is 0. The molecule has 4 nitrogen and oxygen atoms in total. The van der Waals surface area contributed by atoms with Gasteiger partial charge in [-0.15, -0.1) is 11.3 Å². The minimum atomic E-state index is -0.133. The molecular weight excluding hydrogens is 260 g/mol. The molecule has 0 saturated heterocycles. The molecule has 0 spiro atoms. The van der Waals surface area contributed by atoms with E-state index < -0.39 is 0 Å². The number of thiophene rings is 1. The van der Waals surface area contributed by atoms with Gasteiger partial charge in [0.15, 0.2) is 0 Å². The highest BCUT2D eigenvalue weighted by Crippen LogP contribution is 2.29. The number of fused-ring (bicyclic) bond motifs is 1. The molecule has 0 saturated carbocycles. The average Bonchev–Trinajstić information content (AvgIpc) is 2.86. The summed E-state index contributed by atoms with van der Waals surface area (Å²) in [7, 11) is 0. The van der Waals surface area contributed by atoms with Crippen molar-refractivity contribution in [2.24, 2.45) is 0 Å². The van der Waals surface area contributed by atoms with E-state index in [9.17, 15) is 9.59 Å². The Morgan fingerprint density at radius 3 is 2.79 bits per heavy atom. The molecule has 0 aliphatic heterocycles. The van der Waals surface area contributed by atoms with E-state index in [2.05, 4.69) is 10.6 Å². The quantitative estimate of drug-likeness (QED) is 0.865. The molecule has 1 heterocycles. The minimum absolute atomic E-state index is 0.0569. The average molecular weight is 280 g/mol. The topological polar surface area (TPSA) is 58.2 Å². The minimum Gasteiger partial charge on any atom is -0.355 e. The number of carbonyl (C=O) groups is 2. The molecule has 1 aromatic heterocycles. The molecule has 0 radical (unpaired) electrons. The van der Waals surface area contributed by atoms with Gasteiger partial charge in [-0.1, -0.05) is 6.92 Å². The first-order valence-corrected chi connectivity index (χ1v) is 7.69. The fraction of sp³-hybridized carbons (Fsp3) is 0.571. The van der Waals surface area contributed by atoms with Crippen LogP contribution in [0, 0.1) is 0 Å². The largest absolute Gasteiger partial charge is 0.355 e. The van der Waals surface area contributed by atoms with Gasteiger partial charge in [-0.3, -0.25) is 9.59 Å². The van der Waals surface area contributed by atoms with Gasteiger partial charge in [0.1, 0.15) is 0 Å². The lowest BCUT2D eigenvalue weighted by atomic mass is 9.99. The molecule has 0 unspecified atom stereocenters. The van der Waals surface area contributed by atoms with Gasteiger partial charge >= 0.3 is 0 Å². The summed E-state index contributed by atoms with van der Waals surface area (Å²) in [6.45, 7) is 2.71. The third kappa shape index (κ3) is 3.80. The fourth-order valence-electron chi connectivity index (χ4n) is 2.18. The van der Waals surface area contributed by atoms with Crippen LogP contribution in [0.2, 0.25) is 0 Å². The van der Waals surface area contributed by atoms with E-state index in [1.807, 2.05) is 13.0 Å². The van der Waals surface area contributed by atoms with Crippen molar-refractivity contribution in [1.82, 2.24) is 10.6 Å². The predicted molar refractivity (Wildman–Crippen MR) is 76.6 cm³/mol. The molecule has 104 valence electrons. The molecular formula is C14H20N2O2S. The van der Waals surface area contributed by atoms with Crippen LogP contribution in [-0.4, -0.2) is 24.9 Å². The standard InChI is InChI=1S/C14H20N2O2S/c1-2-7-15-13(17)9-16-14(18)12-8-10-5-3-4-6-11(10)19-12/h8H,2-7,9H2,1H3,(H,15,17)(H,16,18). The Morgan fingerprint density at radius 1 is 1.26 bits per heavy atom. The zero-order valence-electron chi connectivity index (χ0n) is 11.3. The van der Waals surface area contributed by atoms with E-state index in [1.165, 1.54) is 23.3 Å². The van der Waals surface area contributed by atoms with Crippen LogP contribution in [0.25, 0.3) is 0 Å². The number of aryl methyl sites for hydroxylation is 2. The molecule has 0 atom stereocenters. The van der Waals surface area contributed by atoms with Crippen molar-refractivity contribution in [2.75, 3.05) is 13.1 Å². The molecule has 1 aliphatic carbocycles. The highest BCUT2D eigenvalue weighted by molar-refractivity contribution is 7.14. The normalized spacial score (nSPS) is 13.7. The lowest BCUT2D eigenvalue weighted by Crippen LogP contribution is -2.36. The van der Waals surface area contributed by atoms with E-state index in [1.54, 1.807) is 11.3 Å². The Morgan fingerprint density at radius 2 is 2.05 bits per heavy atom. The van der Waals surface area contributed by atoms with Gasteiger partial charge in [0.05, 0.1) is 11.4 Å². The van der Waals surface area contributed by atoms with Crippen molar-refractivity contribution < 1.29 is 9.59 Å². The van der Waals surface area contributed by atoms with Crippen LogP contribution in [0.15, 0.2) is 6.07 Å². The molecule has 19 heavy (non-hydrogen) atoms. The van der Waals surface area contributed by atoms with E-state index in [4.69, 9.17) is 0 Å². The second kappa shape index (κ2) is 6.70. The van der Waals surface area contributed by atoms with Gasteiger partial charge in [0, 0.05) is 11.4 Å². The highest BCUT2D eigenvalue weighted by Gasteiger charge is 2.17. The Balaban J connectivity index is 1.86. The van der Waals surface area contributed by atoms with E-state index in [0.29, 0.717) is 6.54 Å². The summed E-state index contributed by atoms with van der Waals surface area (Å²) >= 11 is 1.57. The smallest absolute Gasteiger partial charge is 0.261 e. The Labute approximate surface area is 117 Å². The molecule has 2 rings (SSSR count). The highest BCUT2D eigenvalue weighted by atomic mass is 32.1. The maximum atomic E-state index is 12.0. The van der Waals surface area contributed by atoms with Crippen molar-refractivity contribution in [3.05, 3.63) is 21.4 Å². The van der Waals surface area contributed by atoms with Crippen LogP contribution in [-0.2, 0) is 17.6 Å². The second-order valence-corrected chi connectivity index (χ2v) is 5.94. The van der Waals surface area contributed by atoms with Gasteiger partial charge < -0.3 is 10.6 Å². The molecule has 0 fully saturated rings. The zero-order chi connectivity index (χ0) is 13.7. The second-order valence-electron chi connectivity index (χ2n) is 4.80. The van der Waals surface area contributed by atoms with E-state index >= 15 is 0 Å². The van der Waals surface area contributed by atoms with Crippen LogP contribution >= 0.6 is 11.3 Å². The molecule has 2 amide bonds. The van der Waals surface area contributed by atoms with Crippen molar-refractivity contribution in [3.63, 3.8) is 0 Å². The Hall–Kier alpha value is -1.36. The summed E-state index contributed by atoms with van der Waals surface area (Å²) in [5, 5.41) is 5.41. The number of carbonyl (C=O) groups excluding carboxylic acids is 2. The van der Waals surface area contributed by atoms with Crippen molar-refractivity contribution in [1.29, 1.82) is 0 Å². The SMILES string of the molecule is CCCNC(=O)CNC(=O)c1cc2c(s1)CCCC2. The number of amides is 2. The molecule has 0 aromatic carbocycles. The Kier molecular flexibility index (Phi) is 4.96. The fourth-order valence-corrected chi connectivity index (χ4v) is 3.35. The van der Waals surface area contributed by atoms with Gasteiger partial charge in [-0.25, -0.2) is 0 Å². The lowest BCUT2D eigenvalue weighted by molar-refractivity contribution is -0.120. The van der Waals surface area contributed by atoms with Gasteiger partial charge in [0.25, 0.3) is 5.91 Å². The zero-order valence-corrected chi connectivity index (χ0v) is 12.1. The van der Waals surface area contributed by atoms with Crippen LogP contribution in [0.4, 0.5) is 0 Å². The number of hydrogen-bond donors (Lipinski definition) is 2. The summed E-state index contributed by atoms with van der Waals surface area (Å²) in [6, 6.07) is 1.98. The summed E-state index contributed by atoms with van der Waals surface area (Å²) in [6.07, 6.45) is 5.50. The number of rotatable bonds is 5. The van der Waals surface area contributed by atoms with Crippen molar-refractivity contribution >= 4 is 23.2 Å².